The van der Waals surface area contributed by atoms with Gasteiger partial charge in [0.25, 0.3) is 0 Å². The molecule has 1 amide bonds. The smallest absolute Gasteiger partial charge is 0.410 e. The Hall–Kier alpha value is -2.29. The molecule has 2 heterocycles. The first-order valence-electron chi connectivity index (χ1n) is 11.4. The lowest BCUT2D eigenvalue weighted by Crippen LogP contribution is -2.42. The Labute approximate surface area is 201 Å². The Balaban J connectivity index is 1.66. The van der Waals surface area contributed by atoms with Gasteiger partial charge in [-0.25, -0.2) is 4.79 Å². The second kappa shape index (κ2) is 10.3. The van der Waals surface area contributed by atoms with Crippen molar-refractivity contribution in [3.8, 4) is 5.75 Å². The number of amides is 1. The van der Waals surface area contributed by atoms with Gasteiger partial charge in [-0.15, -0.1) is 0 Å². The average Bonchev–Trinajstić information content (AvgIpc) is 3.16. The number of nitrogens with zero attached hydrogens (tertiary/aromatic N) is 1. The standard InChI is InChI=1S/C25H31BrN2O5/c1-15(2)33-25(31)28-11-9-20-21-13-17(26)5-8-22(21)27-23(20)24(28)16-3-6-19(7-4-16)32-12-10-18(30)14-29/h3-4,6-8,13,15,17-18,24,27,29-30H,5,9-12,14H2,1-2H3/t17?,18-,24?/m0/s1. The molecule has 0 spiro atoms. The monoisotopic (exact) mass is 518 g/mol. The number of alkyl halides is 1. The van der Waals surface area contributed by atoms with Crippen LogP contribution in [0.5, 0.6) is 5.75 Å². The third kappa shape index (κ3) is 5.28. The number of aliphatic hydroxyl groups excluding tert-OH is 2. The molecule has 1 aliphatic heterocycles. The number of benzene rings is 1. The summed E-state index contributed by atoms with van der Waals surface area (Å²) in [6.07, 6.45) is 5.21. The molecule has 1 aromatic carbocycles. The first kappa shape index (κ1) is 23.9. The highest BCUT2D eigenvalue weighted by atomic mass is 79.9. The molecule has 2 unspecified atom stereocenters. The van der Waals surface area contributed by atoms with Crippen LogP contribution in [-0.4, -0.2) is 63.0 Å². The van der Waals surface area contributed by atoms with Crippen LogP contribution in [0.2, 0.25) is 0 Å². The van der Waals surface area contributed by atoms with Crippen LogP contribution in [0.25, 0.3) is 12.2 Å². The van der Waals surface area contributed by atoms with Crippen LogP contribution in [0.4, 0.5) is 4.79 Å². The summed E-state index contributed by atoms with van der Waals surface area (Å²) < 4.78 is 11.3. The summed E-state index contributed by atoms with van der Waals surface area (Å²) >= 11 is 3.71. The van der Waals surface area contributed by atoms with Crippen molar-refractivity contribution in [3.63, 3.8) is 0 Å². The third-order valence-electron chi connectivity index (χ3n) is 5.99. The summed E-state index contributed by atoms with van der Waals surface area (Å²) in [7, 11) is 0. The molecule has 0 radical (unpaired) electrons. The van der Waals surface area contributed by atoms with Gasteiger partial charge < -0.3 is 24.7 Å². The highest BCUT2D eigenvalue weighted by Crippen LogP contribution is 2.34. The predicted molar refractivity (Wildman–Crippen MR) is 130 cm³/mol. The third-order valence-corrected chi connectivity index (χ3v) is 6.63. The van der Waals surface area contributed by atoms with Crippen molar-refractivity contribution < 1.29 is 24.5 Å². The van der Waals surface area contributed by atoms with Gasteiger partial charge in [0, 0.05) is 28.8 Å². The molecular formula is C25H31BrN2O5. The van der Waals surface area contributed by atoms with E-state index >= 15 is 0 Å². The van der Waals surface area contributed by atoms with Crippen LogP contribution >= 0.6 is 15.9 Å². The van der Waals surface area contributed by atoms with Crippen molar-refractivity contribution in [1.29, 1.82) is 0 Å². The second-order valence-corrected chi connectivity index (χ2v) is 9.96. The molecule has 4 rings (SSSR count). The lowest BCUT2D eigenvalue weighted by Gasteiger charge is -2.35. The molecular weight excluding hydrogens is 488 g/mol. The minimum atomic E-state index is -0.780. The highest BCUT2D eigenvalue weighted by Gasteiger charge is 2.35. The number of hydrogen-bond donors (Lipinski definition) is 3. The second-order valence-electron chi connectivity index (χ2n) is 8.79. The molecule has 1 aliphatic carbocycles. The van der Waals surface area contributed by atoms with Crippen LogP contribution in [0, 0.1) is 0 Å². The van der Waals surface area contributed by atoms with E-state index in [-0.39, 0.29) is 24.8 Å². The van der Waals surface area contributed by atoms with Gasteiger partial charge in [-0.05, 0) is 55.2 Å². The zero-order valence-electron chi connectivity index (χ0n) is 19.0. The van der Waals surface area contributed by atoms with Gasteiger partial charge in [-0.3, -0.25) is 4.90 Å². The van der Waals surface area contributed by atoms with Gasteiger partial charge in [0.05, 0.1) is 25.4 Å². The maximum absolute atomic E-state index is 13.0. The largest absolute Gasteiger partial charge is 0.493 e. The average molecular weight is 519 g/mol. The van der Waals surface area contributed by atoms with Crippen LogP contribution < -0.4 is 15.3 Å². The molecule has 178 valence electrons. The van der Waals surface area contributed by atoms with Crippen molar-refractivity contribution in [3.05, 3.63) is 51.7 Å². The Morgan fingerprint density at radius 2 is 2.06 bits per heavy atom. The number of H-pyrrole nitrogens is 1. The first-order chi connectivity index (χ1) is 15.9. The summed E-state index contributed by atoms with van der Waals surface area (Å²) in [5.41, 5.74) is 3.25. The number of carbonyl (C=O) groups excluding carboxylic acids is 1. The number of fused-ring (bicyclic) bond motifs is 3. The number of carbonyl (C=O) groups is 1. The van der Waals surface area contributed by atoms with Crippen molar-refractivity contribution in [2.24, 2.45) is 0 Å². The topological polar surface area (TPSA) is 95.0 Å². The normalized spacial score (nSPS) is 20.4. The summed E-state index contributed by atoms with van der Waals surface area (Å²) in [6, 6.07) is 7.39. The van der Waals surface area contributed by atoms with Crippen molar-refractivity contribution in [1.82, 2.24) is 9.88 Å². The molecule has 1 aromatic heterocycles. The van der Waals surface area contributed by atoms with E-state index in [2.05, 4.69) is 33.1 Å². The number of hydrogen-bond acceptors (Lipinski definition) is 5. The number of aromatic amines is 1. The Kier molecular flexibility index (Phi) is 7.46. The number of halogens is 1. The van der Waals surface area contributed by atoms with E-state index in [1.54, 1.807) is 4.90 Å². The Morgan fingerprint density at radius 3 is 2.76 bits per heavy atom. The van der Waals surface area contributed by atoms with E-state index in [0.29, 0.717) is 30.1 Å². The zero-order chi connectivity index (χ0) is 23.5. The van der Waals surface area contributed by atoms with Crippen molar-refractivity contribution in [2.45, 2.75) is 56.2 Å². The molecule has 0 bridgehead atoms. The van der Waals surface area contributed by atoms with Gasteiger partial charge in [-0.2, -0.15) is 0 Å². The number of ether oxygens (including phenoxy) is 2. The predicted octanol–water partition coefficient (Wildman–Crippen LogP) is 2.36. The minimum Gasteiger partial charge on any atom is -0.493 e. The molecule has 3 atom stereocenters. The first-order valence-corrected chi connectivity index (χ1v) is 12.3. The number of nitrogens with one attached hydrogen (secondary N) is 1. The van der Waals surface area contributed by atoms with Gasteiger partial charge >= 0.3 is 6.09 Å². The van der Waals surface area contributed by atoms with E-state index in [4.69, 9.17) is 14.6 Å². The van der Waals surface area contributed by atoms with Gasteiger partial charge in [0.15, 0.2) is 0 Å². The number of aliphatic hydroxyl groups is 2. The van der Waals surface area contributed by atoms with Crippen molar-refractivity contribution in [2.75, 3.05) is 19.8 Å². The van der Waals surface area contributed by atoms with Gasteiger partial charge in [0.2, 0.25) is 0 Å². The lowest BCUT2D eigenvalue weighted by molar-refractivity contribution is 0.0654. The van der Waals surface area contributed by atoms with Crippen LogP contribution in [0.1, 0.15) is 49.6 Å². The fraction of sp³-hybridized carbons (Fsp3) is 0.480. The van der Waals surface area contributed by atoms with E-state index in [9.17, 15) is 9.90 Å². The van der Waals surface area contributed by atoms with Crippen LogP contribution in [0.15, 0.2) is 24.3 Å². The Bertz CT molecular complexity index is 1100. The fourth-order valence-corrected chi connectivity index (χ4v) is 4.86. The van der Waals surface area contributed by atoms with Crippen molar-refractivity contribution >= 4 is 34.2 Å². The molecule has 8 heteroatoms. The number of rotatable bonds is 7. The van der Waals surface area contributed by atoms with Gasteiger partial charge in [-0.1, -0.05) is 40.2 Å². The molecule has 2 aliphatic rings. The molecule has 2 aromatic rings. The summed E-state index contributed by atoms with van der Waals surface area (Å²) in [5, 5.41) is 20.8. The van der Waals surface area contributed by atoms with E-state index in [1.165, 1.54) is 10.8 Å². The summed E-state index contributed by atoms with van der Waals surface area (Å²) in [4.78, 5) is 18.7. The molecule has 0 fully saturated rings. The number of aromatic nitrogens is 1. The zero-order valence-corrected chi connectivity index (χ0v) is 20.5. The fourth-order valence-electron chi connectivity index (χ4n) is 4.41. The SMILES string of the molecule is CC(C)OC(=O)N1CCc2c([nH]c3c2=CC(Br)CC=3)C1c1ccc(OCC[C@H](O)CO)cc1. The quantitative estimate of drug-likeness (QED) is 0.489. The van der Waals surface area contributed by atoms with Crippen LogP contribution in [-0.2, 0) is 11.2 Å². The Morgan fingerprint density at radius 1 is 1.30 bits per heavy atom. The molecule has 0 saturated heterocycles. The van der Waals surface area contributed by atoms with E-state index in [0.717, 1.165) is 29.4 Å². The molecule has 33 heavy (non-hydrogen) atoms. The molecule has 3 N–H and O–H groups in total. The summed E-state index contributed by atoms with van der Waals surface area (Å²) in [5.74, 6) is 0.672. The summed E-state index contributed by atoms with van der Waals surface area (Å²) in [6.45, 7) is 4.32. The minimum absolute atomic E-state index is 0.197. The molecule has 0 saturated carbocycles. The maximum atomic E-state index is 13.0. The van der Waals surface area contributed by atoms with E-state index < -0.39 is 6.10 Å². The lowest BCUT2D eigenvalue weighted by atomic mass is 9.92. The van der Waals surface area contributed by atoms with E-state index in [1.807, 2.05) is 38.1 Å². The molecule has 7 nitrogen and oxygen atoms in total. The maximum Gasteiger partial charge on any atom is 0.410 e. The van der Waals surface area contributed by atoms with Crippen LogP contribution in [0.3, 0.4) is 0 Å². The highest BCUT2D eigenvalue weighted by molar-refractivity contribution is 9.09. The van der Waals surface area contributed by atoms with Gasteiger partial charge in [0.1, 0.15) is 11.8 Å².